The topological polar surface area (TPSA) is 69.6 Å². The number of benzene rings is 1. The van der Waals surface area contributed by atoms with Crippen molar-refractivity contribution in [2.75, 3.05) is 5.73 Å². The van der Waals surface area contributed by atoms with E-state index in [0.717, 1.165) is 27.3 Å². The third-order valence-corrected chi connectivity index (χ3v) is 4.06. The molecule has 0 aliphatic carbocycles. The summed E-state index contributed by atoms with van der Waals surface area (Å²) in [5, 5.41) is 0. The van der Waals surface area contributed by atoms with Gasteiger partial charge in [-0.25, -0.2) is 15.0 Å². The van der Waals surface area contributed by atoms with Gasteiger partial charge in [0, 0.05) is 29.8 Å². The minimum Gasteiger partial charge on any atom is -0.384 e. The number of rotatable bonds is 2. The van der Waals surface area contributed by atoms with Gasteiger partial charge in [0.2, 0.25) is 0 Å². The van der Waals surface area contributed by atoms with E-state index in [1.807, 2.05) is 40.5 Å². The fourth-order valence-corrected chi connectivity index (χ4v) is 3.02. The van der Waals surface area contributed by atoms with E-state index >= 15 is 0 Å². The fraction of sp³-hybridized carbons (Fsp3) is 0. The number of nitrogen functional groups attached to an aromatic ring is 1. The number of hydrogen-bond acceptors (Lipinski definition) is 5. The molecule has 0 saturated carbocycles. The smallest absolute Gasteiger partial charge is 0.144 e. The third kappa shape index (κ3) is 2.05. The van der Waals surface area contributed by atoms with E-state index in [9.17, 15) is 0 Å². The molecule has 6 heteroatoms. The molecule has 5 nitrogen and oxygen atoms in total. The minimum atomic E-state index is 0.486. The van der Waals surface area contributed by atoms with E-state index in [1.165, 1.54) is 0 Å². The Morgan fingerprint density at radius 1 is 1.00 bits per heavy atom. The van der Waals surface area contributed by atoms with E-state index in [2.05, 4.69) is 21.0 Å². The van der Waals surface area contributed by atoms with Gasteiger partial charge in [0.05, 0.1) is 15.7 Å². The number of hydrogen-bond donors (Lipinski definition) is 1. The van der Waals surface area contributed by atoms with Crippen molar-refractivity contribution in [3.05, 3.63) is 54.4 Å². The zero-order valence-electron chi connectivity index (χ0n) is 11.0. The highest BCUT2D eigenvalue weighted by Crippen LogP contribution is 2.25. The first-order valence-corrected chi connectivity index (χ1v) is 7.28. The van der Waals surface area contributed by atoms with Gasteiger partial charge in [-0.05, 0) is 30.3 Å². The average Bonchev–Trinajstić information content (AvgIpc) is 3.15. The lowest BCUT2D eigenvalue weighted by atomic mass is 10.2. The fourth-order valence-electron chi connectivity index (χ4n) is 2.31. The molecular weight excluding hydrogens is 282 g/mol. The van der Waals surface area contributed by atoms with Gasteiger partial charge in [-0.3, -0.25) is 4.57 Å². The molecule has 21 heavy (non-hydrogen) atoms. The van der Waals surface area contributed by atoms with Crippen molar-refractivity contribution in [1.29, 1.82) is 0 Å². The predicted molar refractivity (Wildman–Crippen MR) is 84.4 cm³/mol. The van der Waals surface area contributed by atoms with Crippen molar-refractivity contribution >= 4 is 27.4 Å². The number of pyridine rings is 1. The summed E-state index contributed by atoms with van der Waals surface area (Å²) in [4.78, 5) is 12.8. The van der Waals surface area contributed by atoms with E-state index in [4.69, 9.17) is 5.73 Å². The van der Waals surface area contributed by atoms with Gasteiger partial charge in [0.1, 0.15) is 11.6 Å². The largest absolute Gasteiger partial charge is 0.384 e. The molecule has 102 valence electrons. The van der Waals surface area contributed by atoms with Crippen LogP contribution in [-0.4, -0.2) is 19.5 Å². The molecule has 0 fully saturated rings. The predicted octanol–water partition coefficient (Wildman–Crippen LogP) is 3.13. The Balaban J connectivity index is 1.88. The molecule has 0 aliphatic heterocycles. The Morgan fingerprint density at radius 3 is 2.86 bits per heavy atom. The Kier molecular flexibility index (Phi) is 2.68. The summed E-state index contributed by atoms with van der Waals surface area (Å²) in [6.45, 7) is 0. The van der Waals surface area contributed by atoms with Crippen molar-refractivity contribution in [2.24, 2.45) is 0 Å². The lowest BCUT2D eigenvalue weighted by Gasteiger charge is -2.08. The third-order valence-electron chi connectivity index (χ3n) is 3.27. The number of thiazole rings is 1. The zero-order valence-corrected chi connectivity index (χ0v) is 11.8. The summed E-state index contributed by atoms with van der Waals surface area (Å²) in [6, 6.07) is 9.90. The molecule has 0 spiro atoms. The van der Waals surface area contributed by atoms with E-state index < -0.39 is 0 Å². The van der Waals surface area contributed by atoms with Gasteiger partial charge in [0.25, 0.3) is 0 Å². The Bertz CT molecular complexity index is 924. The summed E-state index contributed by atoms with van der Waals surface area (Å²) in [5.41, 5.74) is 10.6. The molecule has 0 atom stereocenters. The minimum absolute atomic E-state index is 0.486. The quantitative estimate of drug-likeness (QED) is 0.616. The maximum atomic E-state index is 5.76. The van der Waals surface area contributed by atoms with Crippen LogP contribution in [0.1, 0.15) is 0 Å². The molecule has 3 aromatic heterocycles. The van der Waals surface area contributed by atoms with Gasteiger partial charge < -0.3 is 5.73 Å². The summed E-state index contributed by atoms with van der Waals surface area (Å²) in [6.07, 6.45) is 5.41. The van der Waals surface area contributed by atoms with Crippen molar-refractivity contribution < 1.29 is 0 Å². The number of fused-ring (bicyclic) bond motifs is 1. The van der Waals surface area contributed by atoms with Gasteiger partial charge in [-0.1, -0.05) is 0 Å². The first-order valence-electron chi connectivity index (χ1n) is 6.40. The zero-order chi connectivity index (χ0) is 14.2. The Labute approximate surface area is 124 Å². The van der Waals surface area contributed by atoms with Crippen LogP contribution in [-0.2, 0) is 0 Å². The normalized spacial score (nSPS) is 11.0. The molecule has 0 radical (unpaired) electrons. The molecule has 4 aromatic rings. The van der Waals surface area contributed by atoms with Crippen LogP contribution in [0.4, 0.5) is 5.82 Å². The van der Waals surface area contributed by atoms with Gasteiger partial charge in [-0.2, -0.15) is 0 Å². The second-order valence-corrected chi connectivity index (χ2v) is 5.48. The van der Waals surface area contributed by atoms with Crippen LogP contribution in [0.5, 0.6) is 0 Å². The van der Waals surface area contributed by atoms with E-state index in [-0.39, 0.29) is 0 Å². The van der Waals surface area contributed by atoms with Crippen molar-refractivity contribution in [3.63, 3.8) is 0 Å². The number of nitrogens with two attached hydrogens (primary N) is 1. The van der Waals surface area contributed by atoms with Crippen molar-refractivity contribution in [3.8, 4) is 17.1 Å². The highest BCUT2D eigenvalue weighted by Gasteiger charge is 2.09. The standard InChI is InChI=1S/C15H11N5S/c16-14-7-10(3-4-17-14)15-18-5-6-20(15)11-1-2-12-13(8-11)21-9-19-12/h1-9H,(H2,16,17). The Morgan fingerprint density at radius 2 is 1.95 bits per heavy atom. The molecule has 0 aliphatic rings. The maximum Gasteiger partial charge on any atom is 0.144 e. The molecule has 4 rings (SSSR count). The van der Waals surface area contributed by atoms with Gasteiger partial charge in [0.15, 0.2) is 0 Å². The average molecular weight is 293 g/mol. The lowest BCUT2D eigenvalue weighted by molar-refractivity contribution is 1.07. The van der Waals surface area contributed by atoms with Crippen LogP contribution >= 0.6 is 11.3 Å². The van der Waals surface area contributed by atoms with Crippen molar-refractivity contribution in [1.82, 2.24) is 19.5 Å². The molecule has 0 amide bonds. The number of imidazole rings is 1. The lowest BCUT2D eigenvalue weighted by Crippen LogP contribution is -1.97. The number of aromatic nitrogens is 4. The highest BCUT2D eigenvalue weighted by molar-refractivity contribution is 7.16. The summed E-state index contributed by atoms with van der Waals surface area (Å²) in [5.74, 6) is 1.33. The number of nitrogens with zero attached hydrogens (tertiary/aromatic N) is 4. The summed E-state index contributed by atoms with van der Waals surface area (Å²) in [7, 11) is 0. The van der Waals surface area contributed by atoms with Crippen LogP contribution < -0.4 is 5.73 Å². The molecule has 0 unspecified atom stereocenters. The molecule has 0 saturated heterocycles. The summed E-state index contributed by atoms with van der Waals surface area (Å²) >= 11 is 1.63. The van der Waals surface area contributed by atoms with Crippen molar-refractivity contribution in [2.45, 2.75) is 0 Å². The molecule has 1 aromatic carbocycles. The summed E-state index contributed by atoms with van der Waals surface area (Å²) < 4.78 is 3.19. The molecule has 0 bridgehead atoms. The number of anilines is 1. The van der Waals surface area contributed by atoms with Crippen LogP contribution in [0.2, 0.25) is 0 Å². The maximum absolute atomic E-state index is 5.76. The van der Waals surface area contributed by atoms with Crippen LogP contribution in [0, 0.1) is 0 Å². The highest BCUT2D eigenvalue weighted by atomic mass is 32.1. The van der Waals surface area contributed by atoms with E-state index in [0.29, 0.717) is 5.82 Å². The first kappa shape index (κ1) is 12.0. The van der Waals surface area contributed by atoms with Crippen LogP contribution in [0.25, 0.3) is 27.3 Å². The molecule has 3 heterocycles. The Hall–Kier alpha value is -2.73. The molecule has 2 N–H and O–H groups in total. The van der Waals surface area contributed by atoms with Crippen LogP contribution in [0.3, 0.4) is 0 Å². The van der Waals surface area contributed by atoms with E-state index in [1.54, 1.807) is 23.7 Å². The first-order chi connectivity index (χ1) is 10.3. The van der Waals surface area contributed by atoms with Gasteiger partial charge in [-0.15, -0.1) is 11.3 Å². The van der Waals surface area contributed by atoms with Crippen LogP contribution in [0.15, 0.2) is 54.4 Å². The SMILES string of the molecule is Nc1cc(-c2nccn2-c2ccc3ncsc3c2)ccn1. The van der Waals surface area contributed by atoms with Gasteiger partial charge >= 0.3 is 0 Å². The second kappa shape index (κ2) is 4.68. The molecular formula is C15H11N5S. The monoisotopic (exact) mass is 293 g/mol. The second-order valence-electron chi connectivity index (χ2n) is 4.59.